The zero-order valence-corrected chi connectivity index (χ0v) is 10.8. The van der Waals surface area contributed by atoms with Crippen LogP contribution in [-0.4, -0.2) is 32.0 Å². The zero-order chi connectivity index (χ0) is 12.2. The molecule has 16 heavy (non-hydrogen) atoms. The van der Waals surface area contributed by atoms with Crippen molar-refractivity contribution in [3.05, 3.63) is 29.0 Å². The third kappa shape index (κ3) is 4.92. The predicted molar refractivity (Wildman–Crippen MR) is 65.4 cm³/mol. The van der Waals surface area contributed by atoms with Crippen LogP contribution >= 0.6 is 11.6 Å². The maximum Gasteiger partial charge on any atom is 0.148 e. The van der Waals surface area contributed by atoms with E-state index in [0.29, 0.717) is 11.7 Å². The molecular weight excluding hydrogens is 248 g/mol. The number of pyridine rings is 1. The van der Waals surface area contributed by atoms with Crippen LogP contribution in [0.2, 0.25) is 5.15 Å². The first-order valence-corrected chi connectivity index (χ1v) is 7.35. The molecule has 0 amide bonds. The monoisotopic (exact) mass is 262 g/mol. The van der Waals surface area contributed by atoms with Gasteiger partial charge in [-0.2, -0.15) is 0 Å². The molecule has 1 rings (SSSR count). The standard InChI is InChI=1S/C10H15ClN2O2S/c1-8(12-5-6-16(2,14)15)9-3-4-13-10(11)7-9/h3-4,7-8,12H,5-6H2,1-2H3. The number of sulfone groups is 1. The van der Waals surface area contributed by atoms with Crippen molar-refractivity contribution >= 4 is 21.4 Å². The van der Waals surface area contributed by atoms with Gasteiger partial charge in [-0.3, -0.25) is 0 Å². The van der Waals surface area contributed by atoms with Crippen molar-refractivity contribution in [3.8, 4) is 0 Å². The summed E-state index contributed by atoms with van der Waals surface area (Å²) in [5.41, 5.74) is 0.994. The van der Waals surface area contributed by atoms with Gasteiger partial charge in [0.15, 0.2) is 0 Å². The van der Waals surface area contributed by atoms with Crippen LogP contribution in [0.3, 0.4) is 0 Å². The second kappa shape index (κ2) is 5.61. The molecule has 0 radical (unpaired) electrons. The smallest absolute Gasteiger partial charge is 0.148 e. The Morgan fingerprint density at radius 3 is 2.81 bits per heavy atom. The molecule has 6 heteroatoms. The molecule has 0 bridgehead atoms. The summed E-state index contributed by atoms with van der Waals surface area (Å²) in [5, 5.41) is 3.56. The van der Waals surface area contributed by atoms with E-state index in [1.807, 2.05) is 13.0 Å². The summed E-state index contributed by atoms with van der Waals surface area (Å²) in [5.74, 6) is 0.135. The molecule has 0 aromatic carbocycles. The largest absolute Gasteiger partial charge is 0.309 e. The Morgan fingerprint density at radius 2 is 2.25 bits per heavy atom. The van der Waals surface area contributed by atoms with Crippen LogP contribution < -0.4 is 5.32 Å². The van der Waals surface area contributed by atoms with E-state index in [1.54, 1.807) is 12.3 Å². The van der Waals surface area contributed by atoms with Gasteiger partial charge in [0.2, 0.25) is 0 Å². The Labute approximate surface area is 101 Å². The fourth-order valence-electron chi connectivity index (χ4n) is 1.27. The SMILES string of the molecule is CC(NCCS(C)(=O)=O)c1ccnc(Cl)c1. The molecule has 0 aliphatic heterocycles. The van der Waals surface area contributed by atoms with Gasteiger partial charge < -0.3 is 5.32 Å². The topological polar surface area (TPSA) is 59.1 Å². The molecule has 1 heterocycles. The van der Waals surface area contributed by atoms with Crippen LogP contribution in [0.25, 0.3) is 0 Å². The van der Waals surface area contributed by atoms with Gasteiger partial charge in [0.05, 0.1) is 5.75 Å². The van der Waals surface area contributed by atoms with Crippen LogP contribution in [0.1, 0.15) is 18.5 Å². The minimum Gasteiger partial charge on any atom is -0.309 e. The van der Waals surface area contributed by atoms with Gasteiger partial charge in [0.25, 0.3) is 0 Å². The number of rotatable bonds is 5. The van der Waals surface area contributed by atoms with Crippen molar-refractivity contribution in [2.24, 2.45) is 0 Å². The molecule has 0 saturated heterocycles. The first kappa shape index (κ1) is 13.4. The highest BCUT2D eigenvalue weighted by atomic mass is 35.5. The Hall–Kier alpha value is -0.650. The van der Waals surface area contributed by atoms with E-state index in [9.17, 15) is 8.42 Å². The van der Waals surface area contributed by atoms with Crippen molar-refractivity contribution in [3.63, 3.8) is 0 Å². The van der Waals surface area contributed by atoms with Crippen molar-refractivity contribution < 1.29 is 8.42 Å². The highest BCUT2D eigenvalue weighted by Crippen LogP contribution is 2.14. The minimum atomic E-state index is -2.91. The van der Waals surface area contributed by atoms with Crippen LogP contribution in [0, 0.1) is 0 Å². The molecule has 0 aliphatic carbocycles. The Bertz CT molecular complexity index is 448. The molecule has 0 fully saturated rings. The van der Waals surface area contributed by atoms with Gasteiger partial charge in [0.1, 0.15) is 15.0 Å². The second-order valence-corrected chi connectivity index (χ2v) is 6.36. The highest BCUT2D eigenvalue weighted by molar-refractivity contribution is 7.90. The molecule has 0 saturated carbocycles. The molecule has 1 aromatic rings. The molecule has 4 nitrogen and oxygen atoms in total. The summed E-state index contributed by atoms with van der Waals surface area (Å²) < 4.78 is 21.9. The van der Waals surface area contributed by atoms with Crippen LogP contribution in [0.5, 0.6) is 0 Å². The van der Waals surface area contributed by atoms with Crippen LogP contribution in [0.15, 0.2) is 18.3 Å². The highest BCUT2D eigenvalue weighted by Gasteiger charge is 2.07. The van der Waals surface area contributed by atoms with E-state index in [1.165, 1.54) is 6.26 Å². The van der Waals surface area contributed by atoms with Crippen molar-refractivity contribution in [1.29, 1.82) is 0 Å². The summed E-state index contributed by atoms with van der Waals surface area (Å²) in [6.45, 7) is 2.38. The zero-order valence-electron chi connectivity index (χ0n) is 9.27. The van der Waals surface area contributed by atoms with Gasteiger partial charge in [-0.05, 0) is 24.6 Å². The molecule has 90 valence electrons. The Balaban J connectivity index is 2.50. The van der Waals surface area contributed by atoms with E-state index >= 15 is 0 Å². The second-order valence-electron chi connectivity index (χ2n) is 3.72. The first-order valence-electron chi connectivity index (χ1n) is 4.91. The lowest BCUT2D eigenvalue weighted by Crippen LogP contribution is -2.25. The predicted octanol–water partition coefficient (Wildman–Crippen LogP) is 1.43. The number of aromatic nitrogens is 1. The Morgan fingerprint density at radius 1 is 1.56 bits per heavy atom. The Kier molecular flexibility index (Phi) is 4.70. The lowest BCUT2D eigenvalue weighted by molar-refractivity contribution is 0.575. The normalized spacial score (nSPS) is 13.7. The maximum atomic E-state index is 10.9. The average molecular weight is 263 g/mol. The quantitative estimate of drug-likeness (QED) is 0.816. The molecule has 1 unspecified atom stereocenters. The fraction of sp³-hybridized carbons (Fsp3) is 0.500. The summed E-state index contributed by atoms with van der Waals surface area (Å²) in [7, 11) is -2.91. The van der Waals surface area contributed by atoms with E-state index in [0.717, 1.165) is 5.56 Å². The number of hydrogen-bond donors (Lipinski definition) is 1. The molecule has 0 spiro atoms. The molecule has 1 atom stereocenters. The number of hydrogen-bond acceptors (Lipinski definition) is 4. The lowest BCUT2D eigenvalue weighted by atomic mass is 10.1. The fourth-order valence-corrected chi connectivity index (χ4v) is 1.94. The van der Waals surface area contributed by atoms with Gasteiger partial charge in [0, 0.05) is 25.0 Å². The van der Waals surface area contributed by atoms with E-state index < -0.39 is 9.84 Å². The van der Waals surface area contributed by atoms with Crippen LogP contribution in [-0.2, 0) is 9.84 Å². The lowest BCUT2D eigenvalue weighted by Gasteiger charge is -2.13. The van der Waals surface area contributed by atoms with Crippen LogP contribution in [0.4, 0.5) is 0 Å². The summed E-state index contributed by atoms with van der Waals surface area (Å²) >= 11 is 5.76. The molecule has 1 aromatic heterocycles. The number of halogens is 1. The van der Waals surface area contributed by atoms with Gasteiger partial charge in [-0.15, -0.1) is 0 Å². The van der Waals surface area contributed by atoms with Crippen molar-refractivity contribution in [2.75, 3.05) is 18.6 Å². The van der Waals surface area contributed by atoms with Crippen molar-refractivity contribution in [1.82, 2.24) is 10.3 Å². The van der Waals surface area contributed by atoms with Gasteiger partial charge in [-0.1, -0.05) is 11.6 Å². The van der Waals surface area contributed by atoms with Gasteiger partial charge in [-0.25, -0.2) is 13.4 Å². The summed E-state index contributed by atoms with van der Waals surface area (Å²) in [4.78, 5) is 3.88. The van der Waals surface area contributed by atoms with E-state index in [-0.39, 0.29) is 11.8 Å². The van der Waals surface area contributed by atoms with Crippen molar-refractivity contribution in [2.45, 2.75) is 13.0 Å². The van der Waals surface area contributed by atoms with E-state index in [2.05, 4.69) is 10.3 Å². The van der Waals surface area contributed by atoms with Gasteiger partial charge >= 0.3 is 0 Å². The first-order chi connectivity index (χ1) is 7.38. The average Bonchev–Trinajstić information content (AvgIpc) is 2.15. The third-order valence-electron chi connectivity index (χ3n) is 2.17. The number of nitrogens with zero attached hydrogens (tertiary/aromatic N) is 1. The summed E-state index contributed by atoms with van der Waals surface area (Å²) in [6, 6.07) is 3.67. The molecular formula is C10H15ClN2O2S. The molecule has 1 N–H and O–H groups in total. The number of nitrogens with one attached hydrogen (secondary N) is 1. The summed E-state index contributed by atoms with van der Waals surface area (Å²) in [6.07, 6.45) is 2.86. The maximum absolute atomic E-state index is 10.9. The minimum absolute atomic E-state index is 0.0576. The third-order valence-corrected chi connectivity index (χ3v) is 3.33. The van der Waals surface area contributed by atoms with E-state index in [4.69, 9.17) is 11.6 Å². The molecule has 0 aliphatic rings.